The number of thiophene rings is 1. The zero-order valence-electron chi connectivity index (χ0n) is 9.26. The average Bonchev–Trinajstić information content (AvgIpc) is 2.52. The number of hydrogen-bond donors (Lipinski definition) is 1. The molecule has 0 saturated heterocycles. The van der Waals surface area contributed by atoms with Crippen LogP contribution in [0.25, 0.3) is 0 Å². The van der Waals surface area contributed by atoms with Crippen molar-refractivity contribution in [3.63, 3.8) is 0 Å². The highest BCUT2D eigenvalue weighted by Crippen LogP contribution is 2.55. The zero-order chi connectivity index (χ0) is 10.2. The first-order valence-electron chi connectivity index (χ1n) is 5.27. The third-order valence-corrected chi connectivity index (χ3v) is 4.31. The van der Waals surface area contributed by atoms with Gasteiger partial charge < -0.3 is 5.32 Å². The minimum Gasteiger partial charge on any atom is -0.319 e. The van der Waals surface area contributed by atoms with Gasteiger partial charge in [-0.05, 0) is 36.8 Å². The lowest BCUT2D eigenvalue weighted by molar-refractivity contribution is 0.0606. The maximum Gasteiger partial charge on any atom is 0.0182 e. The van der Waals surface area contributed by atoms with Crippen LogP contribution in [0.5, 0.6) is 0 Å². The van der Waals surface area contributed by atoms with Gasteiger partial charge in [0.1, 0.15) is 0 Å². The summed E-state index contributed by atoms with van der Waals surface area (Å²) in [5.41, 5.74) is 0.979. The summed E-state index contributed by atoms with van der Waals surface area (Å²) >= 11 is 1.91. The molecule has 1 aliphatic carbocycles. The smallest absolute Gasteiger partial charge is 0.0182 e. The van der Waals surface area contributed by atoms with Gasteiger partial charge in [0.15, 0.2) is 0 Å². The van der Waals surface area contributed by atoms with Crippen molar-refractivity contribution < 1.29 is 0 Å². The Bertz CT molecular complexity index is 292. The summed E-state index contributed by atoms with van der Waals surface area (Å²) in [6, 6.07) is 4.46. The minimum absolute atomic E-state index is 0.437. The maximum absolute atomic E-state index is 3.34. The van der Waals surface area contributed by atoms with Crippen molar-refractivity contribution in [3.05, 3.63) is 22.4 Å². The van der Waals surface area contributed by atoms with Gasteiger partial charge in [-0.1, -0.05) is 19.9 Å². The number of hydrogen-bond acceptors (Lipinski definition) is 2. The highest BCUT2D eigenvalue weighted by molar-refractivity contribution is 7.10. The van der Waals surface area contributed by atoms with Crippen LogP contribution in [0.1, 0.15) is 31.6 Å². The predicted octanol–water partition coefficient (Wildman–Crippen LogP) is 3.03. The Hall–Kier alpha value is -0.340. The van der Waals surface area contributed by atoms with Crippen LogP contribution in [0.15, 0.2) is 17.5 Å². The quantitative estimate of drug-likeness (QED) is 0.807. The van der Waals surface area contributed by atoms with Gasteiger partial charge in [0.05, 0.1) is 0 Å². The summed E-state index contributed by atoms with van der Waals surface area (Å²) in [6.07, 6.45) is 2.64. The van der Waals surface area contributed by atoms with Gasteiger partial charge in [-0.15, -0.1) is 11.3 Å². The Labute approximate surface area is 90.5 Å². The van der Waals surface area contributed by atoms with Crippen LogP contribution in [0.4, 0.5) is 0 Å². The molecule has 1 saturated carbocycles. The third kappa shape index (κ3) is 1.61. The molecule has 0 spiro atoms. The van der Waals surface area contributed by atoms with Crippen molar-refractivity contribution in [2.24, 2.45) is 5.41 Å². The lowest BCUT2D eigenvalue weighted by Crippen LogP contribution is -2.51. The van der Waals surface area contributed by atoms with E-state index in [-0.39, 0.29) is 0 Å². The first-order valence-corrected chi connectivity index (χ1v) is 6.15. The first-order chi connectivity index (χ1) is 6.58. The standard InChI is InChI=1S/C12H19NS/c1-11(2)7-12(8-11,9-13-3)10-5-4-6-14-10/h4-6,13H,7-9H2,1-3H3. The van der Waals surface area contributed by atoms with E-state index >= 15 is 0 Å². The first kappa shape index (κ1) is 10.2. The molecular formula is C12H19NS. The fourth-order valence-corrected chi connectivity index (χ4v) is 4.01. The van der Waals surface area contributed by atoms with Gasteiger partial charge in [0.2, 0.25) is 0 Å². The molecule has 0 unspecified atom stereocenters. The summed E-state index contributed by atoms with van der Waals surface area (Å²) in [6.45, 7) is 5.86. The molecule has 0 amide bonds. The van der Waals surface area contributed by atoms with E-state index in [0.29, 0.717) is 10.8 Å². The molecule has 0 aromatic carbocycles. The summed E-state index contributed by atoms with van der Waals surface area (Å²) in [5.74, 6) is 0. The topological polar surface area (TPSA) is 12.0 Å². The van der Waals surface area contributed by atoms with Crippen LogP contribution in [0.2, 0.25) is 0 Å². The molecule has 0 radical (unpaired) electrons. The van der Waals surface area contributed by atoms with Crippen molar-refractivity contribution in [1.82, 2.24) is 5.32 Å². The molecule has 1 N–H and O–H groups in total. The number of likely N-dealkylation sites (N-methyl/N-ethyl adjacent to an activating group) is 1. The van der Waals surface area contributed by atoms with E-state index in [4.69, 9.17) is 0 Å². The second kappa shape index (κ2) is 3.35. The molecule has 1 aromatic heterocycles. The normalized spacial score (nSPS) is 23.1. The van der Waals surface area contributed by atoms with Crippen LogP contribution in [0.3, 0.4) is 0 Å². The zero-order valence-corrected chi connectivity index (χ0v) is 10.1. The Morgan fingerprint density at radius 1 is 1.43 bits per heavy atom. The summed E-state index contributed by atoms with van der Waals surface area (Å²) in [4.78, 5) is 1.56. The lowest BCUT2D eigenvalue weighted by atomic mass is 9.54. The molecule has 1 aromatic rings. The third-order valence-electron chi connectivity index (χ3n) is 3.19. The van der Waals surface area contributed by atoms with Crippen molar-refractivity contribution in [1.29, 1.82) is 0 Å². The van der Waals surface area contributed by atoms with Crippen molar-refractivity contribution >= 4 is 11.3 Å². The van der Waals surface area contributed by atoms with Crippen molar-refractivity contribution in [2.75, 3.05) is 13.6 Å². The van der Waals surface area contributed by atoms with E-state index in [1.165, 1.54) is 12.8 Å². The van der Waals surface area contributed by atoms with E-state index < -0.39 is 0 Å². The van der Waals surface area contributed by atoms with E-state index in [9.17, 15) is 0 Å². The number of nitrogens with one attached hydrogen (secondary N) is 1. The van der Waals surface area contributed by atoms with Gasteiger partial charge in [-0.3, -0.25) is 0 Å². The van der Waals surface area contributed by atoms with Gasteiger partial charge in [-0.25, -0.2) is 0 Å². The van der Waals surface area contributed by atoms with E-state index in [1.807, 2.05) is 11.3 Å². The molecular weight excluding hydrogens is 190 g/mol. The van der Waals surface area contributed by atoms with Gasteiger partial charge in [0.25, 0.3) is 0 Å². The Kier molecular flexibility index (Phi) is 2.44. The highest BCUT2D eigenvalue weighted by Gasteiger charge is 2.50. The molecule has 0 atom stereocenters. The Balaban J connectivity index is 2.18. The average molecular weight is 209 g/mol. The maximum atomic E-state index is 3.34. The Morgan fingerprint density at radius 3 is 2.57 bits per heavy atom. The molecule has 78 valence electrons. The largest absolute Gasteiger partial charge is 0.319 e. The van der Waals surface area contributed by atoms with Crippen LogP contribution >= 0.6 is 11.3 Å². The van der Waals surface area contributed by atoms with Gasteiger partial charge in [0, 0.05) is 16.8 Å². The molecule has 1 nitrogen and oxygen atoms in total. The fraction of sp³-hybridized carbons (Fsp3) is 0.667. The highest BCUT2D eigenvalue weighted by atomic mass is 32.1. The molecule has 0 aliphatic heterocycles. The lowest BCUT2D eigenvalue weighted by Gasteiger charge is -2.53. The second-order valence-corrected chi connectivity index (χ2v) is 6.25. The van der Waals surface area contributed by atoms with Gasteiger partial charge >= 0.3 is 0 Å². The van der Waals surface area contributed by atoms with Crippen LogP contribution in [-0.2, 0) is 5.41 Å². The molecule has 2 rings (SSSR count). The Morgan fingerprint density at radius 2 is 2.14 bits per heavy atom. The second-order valence-electron chi connectivity index (χ2n) is 5.31. The van der Waals surface area contributed by atoms with Crippen LogP contribution < -0.4 is 5.32 Å². The monoisotopic (exact) mass is 209 g/mol. The molecule has 1 fully saturated rings. The van der Waals surface area contributed by atoms with Crippen LogP contribution in [0, 0.1) is 5.41 Å². The summed E-state index contributed by atoms with van der Waals surface area (Å²) in [5, 5.41) is 5.54. The minimum atomic E-state index is 0.437. The molecule has 14 heavy (non-hydrogen) atoms. The van der Waals surface area contributed by atoms with Crippen molar-refractivity contribution in [3.8, 4) is 0 Å². The summed E-state index contributed by atoms with van der Waals surface area (Å²) < 4.78 is 0. The predicted molar refractivity (Wildman–Crippen MR) is 62.9 cm³/mol. The SMILES string of the molecule is CNCC1(c2cccs2)CC(C)(C)C1. The molecule has 1 aliphatic rings. The van der Waals surface area contributed by atoms with E-state index in [1.54, 1.807) is 4.88 Å². The number of rotatable bonds is 3. The van der Waals surface area contributed by atoms with E-state index in [2.05, 4.69) is 43.7 Å². The molecule has 1 heterocycles. The van der Waals surface area contributed by atoms with E-state index in [0.717, 1.165) is 6.54 Å². The van der Waals surface area contributed by atoms with Crippen molar-refractivity contribution in [2.45, 2.75) is 32.1 Å². The van der Waals surface area contributed by atoms with Crippen LogP contribution in [-0.4, -0.2) is 13.6 Å². The molecule has 2 heteroatoms. The molecule has 0 bridgehead atoms. The fourth-order valence-electron chi connectivity index (χ4n) is 3.09. The van der Waals surface area contributed by atoms with Gasteiger partial charge in [-0.2, -0.15) is 0 Å². The summed E-state index contributed by atoms with van der Waals surface area (Å²) in [7, 11) is 2.06.